The van der Waals surface area contributed by atoms with E-state index in [1.807, 2.05) is 0 Å². The van der Waals surface area contributed by atoms with Gasteiger partial charge in [-0.25, -0.2) is 0 Å². The van der Waals surface area contributed by atoms with E-state index in [0.29, 0.717) is 0 Å². The van der Waals surface area contributed by atoms with Crippen molar-refractivity contribution in [2.75, 3.05) is 0 Å². The van der Waals surface area contributed by atoms with Crippen molar-refractivity contribution in [3.63, 3.8) is 0 Å². The van der Waals surface area contributed by atoms with Crippen LogP contribution in [0.5, 0.6) is 0 Å². The zero-order valence-electron chi connectivity index (χ0n) is 5.50. The molecule has 0 aromatic carbocycles. The average Bonchev–Trinajstić information content (AvgIpc) is 1.14. The minimum absolute atomic E-state index is 0. The quantitative estimate of drug-likeness (QED) is 0.236. The molecule has 8 nitrogen and oxygen atoms in total. The minimum Gasteiger partial charge on any atom is -0.755 e. The summed E-state index contributed by atoms with van der Waals surface area (Å²) in [4.78, 5) is 17.1. The van der Waals surface area contributed by atoms with Crippen LogP contribution < -0.4 is 40.6 Å². The second-order valence-corrected chi connectivity index (χ2v) is 3.36. The molecule has 0 fully saturated rings. The zero-order valence-corrected chi connectivity index (χ0v) is 9.21. The summed E-state index contributed by atoms with van der Waals surface area (Å²) in [6, 6.07) is 0. The summed E-state index contributed by atoms with van der Waals surface area (Å²) in [5.74, 6) is 0. The zero-order chi connectivity index (χ0) is 7.71. The Morgan fingerprint density at radius 3 is 1.73 bits per heavy atom. The molecule has 0 aliphatic rings. The van der Waals surface area contributed by atoms with Crippen LogP contribution in [0.1, 0.15) is 0 Å². The van der Waals surface area contributed by atoms with Gasteiger partial charge in [0.1, 0.15) is 0 Å². The van der Waals surface area contributed by atoms with Crippen LogP contribution in [0.2, 0.25) is 0 Å². The third-order valence-electron chi connectivity index (χ3n) is 0.188. The first kappa shape index (κ1) is 17.9. The van der Waals surface area contributed by atoms with E-state index in [9.17, 15) is 17.9 Å². The third kappa shape index (κ3) is 18.2. The average molecular weight is 217 g/mol. The monoisotopic (exact) mass is 217 g/mol. The van der Waals surface area contributed by atoms with Gasteiger partial charge in [-0.3, -0.25) is 9.12 Å². The molecule has 11 heteroatoms. The normalized spacial score (nSPS) is 15.5. The molecule has 0 aliphatic carbocycles. The maximum atomic E-state index is 9.47. The van der Waals surface area contributed by atoms with Crippen LogP contribution in [0.3, 0.4) is 0 Å². The molecule has 1 unspecified atom stereocenters. The Balaban J connectivity index is -0.000000320. The Kier molecular flexibility index (Phi) is 9.11. The Morgan fingerprint density at radius 1 is 1.45 bits per heavy atom. The molecule has 0 spiro atoms. The van der Waals surface area contributed by atoms with Gasteiger partial charge >= 0.3 is 40.0 Å². The summed E-state index contributed by atoms with van der Waals surface area (Å²) in [5.41, 5.74) is 0. The van der Waals surface area contributed by atoms with E-state index in [2.05, 4.69) is 3.97 Å². The van der Waals surface area contributed by atoms with Crippen molar-refractivity contribution in [1.82, 2.24) is 6.15 Å². The van der Waals surface area contributed by atoms with Crippen LogP contribution in [0, 0.1) is 0 Å². The van der Waals surface area contributed by atoms with Gasteiger partial charge < -0.3 is 15.9 Å². The van der Waals surface area contributed by atoms with E-state index in [0.717, 1.165) is 0 Å². The SMILES string of the molecule is N.O=P([O-])(O)OS(=O)(=O)O.[Na+]. The molecule has 0 rings (SSSR count). The molecule has 11 heavy (non-hydrogen) atoms. The molecule has 0 aromatic rings. The molecule has 0 radical (unpaired) electrons. The fourth-order valence-corrected chi connectivity index (χ4v) is 1.07. The van der Waals surface area contributed by atoms with Crippen LogP contribution in [0.4, 0.5) is 0 Å². The Morgan fingerprint density at radius 2 is 1.73 bits per heavy atom. The van der Waals surface area contributed by atoms with Crippen molar-refractivity contribution in [3.8, 4) is 0 Å². The molecular weight excluding hydrogens is 212 g/mol. The first-order valence-corrected chi connectivity index (χ1v) is 4.29. The second-order valence-electron chi connectivity index (χ2n) is 0.971. The van der Waals surface area contributed by atoms with E-state index in [4.69, 9.17) is 9.45 Å². The van der Waals surface area contributed by atoms with Gasteiger partial charge in [0.2, 0.25) is 0 Å². The summed E-state index contributed by atoms with van der Waals surface area (Å²) in [6.07, 6.45) is 0. The molecule has 5 N–H and O–H groups in total. The molecular formula is H5NNaO7PS. The van der Waals surface area contributed by atoms with Gasteiger partial charge in [0.05, 0.1) is 0 Å². The standard InChI is InChI=1S/H3N.Na.H3O7PS/c;;1-8(2,3)7-9(4,5)6/h1H3;;(H2,1,2,3)(H,4,5,6)/q;+1;/p-1. The third-order valence-corrected chi connectivity index (χ3v) is 1.70. The molecule has 0 heterocycles. The molecule has 0 saturated carbocycles. The maximum Gasteiger partial charge on any atom is 1.00 e. The minimum atomic E-state index is -5.38. The number of rotatable bonds is 2. The summed E-state index contributed by atoms with van der Waals surface area (Å²) in [5, 5.41) is 0. The number of phosphoric acid groups is 1. The van der Waals surface area contributed by atoms with Crippen LogP contribution in [0.25, 0.3) is 0 Å². The first-order chi connectivity index (χ1) is 3.71. The topological polar surface area (TPSA) is 159 Å². The number of hydrogen-bond donors (Lipinski definition) is 3. The van der Waals surface area contributed by atoms with E-state index in [1.165, 1.54) is 0 Å². The van der Waals surface area contributed by atoms with E-state index >= 15 is 0 Å². The van der Waals surface area contributed by atoms with Gasteiger partial charge in [-0.05, 0) is 0 Å². The van der Waals surface area contributed by atoms with Crippen molar-refractivity contribution in [2.24, 2.45) is 0 Å². The van der Waals surface area contributed by atoms with Gasteiger partial charge in [0.25, 0.3) is 7.82 Å². The van der Waals surface area contributed by atoms with Crippen LogP contribution in [0.15, 0.2) is 0 Å². The van der Waals surface area contributed by atoms with Crippen LogP contribution >= 0.6 is 7.82 Å². The van der Waals surface area contributed by atoms with Crippen molar-refractivity contribution < 1.29 is 60.8 Å². The summed E-state index contributed by atoms with van der Waals surface area (Å²) in [6.45, 7) is 0. The van der Waals surface area contributed by atoms with Crippen molar-refractivity contribution >= 4 is 18.2 Å². The van der Waals surface area contributed by atoms with E-state index < -0.39 is 18.2 Å². The molecule has 0 aliphatic heterocycles. The Bertz CT molecular complexity index is 225. The first-order valence-electron chi connectivity index (χ1n) is 1.43. The van der Waals surface area contributed by atoms with Crippen LogP contribution in [-0.2, 0) is 18.9 Å². The predicted octanol–water partition coefficient (Wildman–Crippen LogP) is -4.57. The number of hydrogen-bond acceptors (Lipinski definition) is 6. The van der Waals surface area contributed by atoms with E-state index in [1.54, 1.807) is 0 Å². The fraction of sp³-hybridized carbons (Fsp3) is 0. The van der Waals surface area contributed by atoms with Crippen molar-refractivity contribution in [1.29, 1.82) is 0 Å². The summed E-state index contributed by atoms with van der Waals surface area (Å²) >= 11 is 0. The van der Waals surface area contributed by atoms with Crippen molar-refractivity contribution in [3.05, 3.63) is 0 Å². The fourth-order valence-electron chi connectivity index (χ4n) is 0.119. The molecule has 0 amide bonds. The van der Waals surface area contributed by atoms with Crippen molar-refractivity contribution in [2.45, 2.75) is 0 Å². The maximum absolute atomic E-state index is 9.47. The van der Waals surface area contributed by atoms with Gasteiger partial charge in [-0.2, -0.15) is 12.4 Å². The molecule has 0 bridgehead atoms. The largest absolute Gasteiger partial charge is 1.00 e. The van der Waals surface area contributed by atoms with Gasteiger partial charge in [-0.15, -0.1) is 0 Å². The van der Waals surface area contributed by atoms with Crippen LogP contribution in [-0.4, -0.2) is 17.9 Å². The van der Waals surface area contributed by atoms with Gasteiger partial charge in [-0.1, -0.05) is 0 Å². The second kappa shape index (κ2) is 5.60. The molecule has 64 valence electrons. The smallest absolute Gasteiger partial charge is 0.755 e. The summed E-state index contributed by atoms with van der Waals surface area (Å²) < 4.78 is 38.6. The Hall–Kier alpha value is 0.980. The van der Waals surface area contributed by atoms with E-state index in [-0.39, 0.29) is 35.7 Å². The van der Waals surface area contributed by atoms with Gasteiger partial charge in [0.15, 0.2) is 0 Å². The molecule has 1 atom stereocenters. The molecule has 0 saturated heterocycles. The molecule has 0 aromatic heterocycles. The predicted molar refractivity (Wildman–Crippen MR) is 27.5 cm³/mol. The summed E-state index contributed by atoms with van der Waals surface area (Å²) in [7, 11) is -10.5. The Labute approximate surface area is 85.0 Å². The van der Waals surface area contributed by atoms with Gasteiger partial charge in [0, 0.05) is 0 Å².